The third-order valence-electron chi connectivity index (χ3n) is 4.94. The molecule has 1 N–H and O–H groups in total. The second kappa shape index (κ2) is 6.12. The molecule has 7 heteroatoms. The van der Waals surface area contributed by atoms with Crippen LogP contribution in [0.25, 0.3) is 0 Å². The molecular weight excluding hydrogens is 318 g/mol. The Balaban J connectivity index is 1.53. The molecule has 1 atom stereocenters. The Labute approximate surface area is 146 Å². The third kappa shape index (κ3) is 3.35. The number of aryl methyl sites for hydroxylation is 1. The zero-order valence-electron chi connectivity index (χ0n) is 14.3. The molecule has 3 heterocycles. The Morgan fingerprint density at radius 2 is 2.32 bits per heavy atom. The van der Waals surface area contributed by atoms with E-state index in [9.17, 15) is 10.4 Å². The van der Waals surface area contributed by atoms with Crippen molar-refractivity contribution in [2.75, 3.05) is 18.0 Å². The summed E-state index contributed by atoms with van der Waals surface area (Å²) in [5.74, 6) is 1.70. The molecule has 1 saturated carbocycles. The van der Waals surface area contributed by atoms with Gasteiger partial charge in [-0.25, -0.2) is 0 Å². The van der Waals surface area contributed by atoms with Crippen molar-refractivity contribution in [2.45, 2.75) is 50.5 Å². The molecule has 130 valence electrons. The lowest BCUT2D eigenvalue weighted by molar-refractivity contribution is 0.0193. The minimum Gasteiger partial charge on any atom is -0.388 e. The summed E-state index contributed by atoms with van der Waals surface area (Å²) in [7, 11) is 0. The zero-order valence-corrected chi connectivity index (χ0v) is 14.3. The summed E-state index contributed by atoms with van der Waals surface area (Å²) in [6.07, 6.45) is 5.70. The van der Waals surface area contributed by atoms with Gasteiger partial charge in [-0.05, 0) is 38.7 Å². The summed E-state index contributed by atoms with van der Waals surface area (Å²) in [6.45, 7) is 3.14. The highest BCUT2D eigenvalue weighted by atomic mass is 16.5. The summed E-state index contributed by atoms with van der Waals surface area (Å²) in [4.78, 5) is 10.7. The zero-order chi connectivity index (χ0) is 17.4. The largest absolute Gasteiger partial charge is 0.388 e. The summed E-state index contributed by atoms with van der Waals surface area (Å²) in [5.41, 5.74) is 1.28. The molecule has 0 spiro atoms. The third-order valence-corrected chi connectivity index (χ3v) is 4.94. The number of aliphatic hydroxyl groups is 1. The van der Waals surface area contributed by atoms with Crippen molar-refractivity contribution in [3.8, 4) is 6.07 Å². The Morgan fingerprint density at radius 1 is 1.48 bits per heavy atom. The van der Waals surface area contributed by atoms with Crippen molar-refractivity contribution >= 4 is 5.69 Å². The molecule has 1 aliphatic heterocycles. The van der Waals surface area contributed by atoms with Crippen molar-refractivity contribution in [2.24, 2.45) is 0 Å². The van der Waals surface area contributed by atoms with Crippen LogP contribution < -0.4 is 4.90 Å². The lowest BCUT2D eigenvalue weighted by atomic mass is 9.89. The second-order valence-corrected chi connectivity index (χ2v) is 7.20. The van der Waals surface area contributed by atoms with E-state index in [2.05, 4.69) is 26.1 Å². The van der Waals surface area contributed by atoms with Crippen LogP contribution in [0, 0.1) is 18.3 Å². The molecule has 0 bridgehead atoms. The predicted molar refractivity (Wildman–Crippen MR) is 90.1 cm³/mol. The van der Waals surface area contributed by atoms with E-state index in [1.807, 2.05) is 13.0 Å². The number of hydrogen-bond acceptors (Lipinski definition) is 7. The van der Waals surface area contributed by atoms with Gasteiger partial charge in [0.15, 0.2) is 5.82 Å². The highest BCUT2D eigenvalue weighted by Gasteiger charge is 2.37. The summed E-state index contributed by atoms with van der Waals surface area (Å²) in [6, 6.07) is 4.10. The van der Waals surface area contributed by atoms with Gasteiger partial charge in [0, 0.05) is 30.9 Å². The lowest BCUT2D eigenvalue weighted by Gasteiger charge is -2.40. The molecule has 25 heavy (non-hydrogen) atoms. The Bertz CT molecular complexity index is 823. The number of anilines is 1. The van der Waals surface area contributed by atoms with Gasteiger partial charge in [0.1, 0.15) is 6.07 Å². The van der Waals surface area contributed by atoms with Crippen molar-refractivity contribution < 1.29 is 9.63 Å². The SMILES string of the molecule is Cc1cc(N2CCCC(O)(Cc3nc(C4CC4)no3)C2)c(C#N)cn1. The van der Waals surface area contributed by atoms with Crippen LogP contribution in [0.4, 0.5) is 5.69 Å². The average Bonchev–Trinajstić information content (AvgIpc) is 3.35. The Kier molecular flexibility index (Phi) is 3.92. The minimum atomic E-state index is -0.935. The van der Waals surface area contributed by atoms with Gasteiger partial charge < -0.3 is 14.5 Å². The second-order valence-electron chi connectivity index (χ2n) is 7.20. The van der Waals surface area contributed by atoms with Gasteiger partial charge in [-0.1, -0.05) is 5.16 Å². The van der Waals surface area contributed by atoms with Crippen LogP contribution in [0.2, 0.25) is 0 Å². The number of piperidine rings is 1. The molecule has 0 radical (unpaired) electrons. The molecule has 2 fully saturated rings. The summed E-state index contributed by atoms with van der Waals surface area (Å²) in [5, 5.41) is 24.5. The van der Waals surface area contributed by atoms with Gasteiger partial charge in [0.05, 0.1) is 23.3 Å². The van der Waals surface area contributed by atoms with Crippen LogP contribution in [0.3, 0.4) is 0 Å². The standard InChI is InChI=1S/C18H21N5O2/c1-12-7-15(14(9-19)10-20-12)23-6-2-5-18(24,11-23)8-16-21-17(22-25-16)13-3-4-13/h7,10,13,24H,2-6,8,11H2,1H3. The molecule has 7 nitrogen and oxygen atoms in total. The van der Waals surface area contributed by atoms with E-state index in [1.165, 1.54) is 0 Å². The maximum Gasteiger partial charge on any atom is 0.229 e. The topological polar surface area (TPSA) is 99.1 Å². The molecule has 0 aromatic carbocycles. The number of hydrogen-bond donors (Lipinski definition) is 1. The number of pyridine rings is 1. The van der Waals surface area contributed by atoms with Crippen LogP contribution in [0.1, 0.15) is 54.6 Å². The highest BCUT2D eigenvalue weighted by Crippen LogP contribution is 2.38. The molecule has 4 rings (SSSR count). The predicted octanol–water partition coefficient (Wildman–Crippen LogP) is 2.10. The molecule has 1 saturated heterocycles. The van der Waals surface area contributed by atoms with E-state index in [0.717, 1.165) is 43.0 Å². The van der Waals surface area contributed by atoms with Gasteiger partial charge in [-0.15, -0.1) is 0 Å². The first-order valence-electron chi connectivity index (χ1n) is 8.73. The fourth-order valence-electron chi connectivity index (χ4n) is 3.48. The molecule has 1 unspecified atom stereocenters. The molecule has 2 aromatic heterocycles. The van der Waals surface area contributed by atoms with Gasteiger partial charge in [0.25, 0.3) is 0 Å². The molecule has 2 aromatic rings. The first kappa shape index (κ1) is 16.0. The monoisotopic (exact) mass is 339 g/mol. The maximum absolute atomic E-state index is 11.1. The number of nitriles is 1. The van der Waals surface area contributed by atoms with Crippen LogP contribution >= 0.6 is 0 Å². The van der Waals surface area contributed by atoms with E-state index >= 15 is 0 Å². The van der Waals surface area contributed by atoms with Crippen molar-refractivity contribution in [3.05, 3.63) is 35.2 Å². The molecule has 1 aliphatic carbocycles. The first-order chi connectivity index (χ1) is 12.1. The number of rotatable bonds is 4. The smallest absolute Gasteiger partial charge is 0.229 e. The minimum absolute atomic E-state index is 0.342. The molecule has 2 aliphatic rings. The normalized spacial score (nSPS) is 23.5. The summed E-state index contributed by atoms with van der Waals surface area (Å²) < 4.78 is 5.34. The highest BCUT2D eigenvalue weighted by molar-refractivity contribution is 5.59. The van der Waals surface area contributed by atoms with Crippen molar-refractivity contribution in [1.82, 2.24) is 15.1 Å². The van der Waals surface area contributed by atoms with Gasteiger partial charge in [0.2, 0.25) is 5.89 Å². The quantitative estimate of drug-likeness (QED) is 0.910. The van der Waals surface area contributed by atoms with Gasteiger partial charge >= 0.3 is 0 Å². The fraction of sp³-hybridized carbons (Fsp3) is 0.556. The number of aromatic nitrogens is 3. The first-order valence-corrected chi connectivity index (χ1v) is 8.73. The van der Waals surface area contributed by atoms with E-state index in [0.29, 0.717) is 36.8 Å². The Hall–Kier alpha value is -2.46. The van der Waals surface area contributed by atoms with Crippen LogP contribution in [-0.2, 0) is 6.42 Å². The number of β-amino-alcohol motifs (C(OH)–C–C–N with tert-alkyl or cyclic N) is 1. The van der Waals surface area contributed by atoms with Gasteiger partial charge in [-0.2, -0.15) is 10.2 Å². The summed E-state index contributed by atoms with van der Waals surface area (Å²) >= 11 is 0. The maximum atomic E-state index is 11.1. The fourth-order valence-corrected chi connectivity index (χ4v) is 3.48. The molecule has 0 amide bonds. The van der Waals surface area contributed by atoms with Crippen LogP contribution in [0.15, 0.2) is 16.8 Å². The Morgan fingerprint density at radius 3 is 3.08 bits per heavy atom. The van der Waals surface area contributed by atoms with E-state index in [4.69, 9.17) is 4.52 Å². The van der Waals surface area contributed by atoms with Crippen LogP contribution in [-0.4, -0.2) is 38.9 Å². The van der Waals surface area contributed by atoms with Gasteiger partial charge in [-0.3, -0.25) is 4.98 Å². The van der Waals surface area contributed by atoms with Crippen molar-refractivity contribution in [1.29, 1.82) is 5.26 Å². The van der Waals surface area contributed by atoms with Crippen molar-refractivity contribution in [3.63, 3.8) is 0 Å². The lowest BCUT2D eigenvalue weighted by Crippen LogP contribution is -2.50. The van der Waals surface area contributed by atoms with E-state index in [1.54, 1.807) is 6.20 Å². The average molecular weight is 339 g/mol. The van der Waals surface area contributed by atoms with Crippen LogP contribution in [0.5, 0.6) is 0 Å². The molecular formula is C18H21N5O2. The van der Waals surface area contributed by atoms with E-state index in [-0.39, 0.29) is 0 Å². The van der Waals surface area contributed by atoms with E-state index < -0.39 is 5.60 Å². The number of nitrogens with zero attached hydrogens (tertiary/aromatic N) is 5.